The fraction of sp³-hybridized carbons (Fsp3) is 0.321. The quantitative estimate of drug-likeness (QED) is 0.426. The number of benzene rings is 3. The molecule has 0 radical (unpaired) electrons. The molecule has 5 nitrogen and oxygen atoms in total. The van der Waals surface area contributed by atoms with Gasteiger partial charge in [-0.25, -0.2) is 4.85 Å². The highest BCUT2D eigenvalue weighted by molar-refractivity contribution is 6.33. The topological polar surface area (TPSA) is 40.3 Å². The SMILES string of the molecule is [C-]#[N+]c1ccc(CCN2CCN(c3ccc(OCCO)cc3Cl)[C@H](c3ccc(C)cc3)C2)cc1. The van der Waals surface area contributed by atoms with Crippen LogP contribution >= 0.6 is 11.6 Å². The third-order valence-corrected chi connectivity index (χ3v) is 6.60. The Balaban J connectivity index is 1.52. The molecule has 0 amide bonds. The van der Waals surface area contributed by atoms with Crippen molar-refractivity contribution in [2.45, 2.75) is 19.4 Å². The van der Waals surface area contributed by atoms with Crippen LogP contribution in [0.2, 0.25) is 5.02 Å². The molecule has 1 N–H and O–H groups in total. The summed E-state index contributed by atoms with van der Waals surface area (Å²) in [7, 11) is 0. The van der Waals surface area contributed by atoms with E-state index in [1.54, 1.807) is 0 Å². The third kappa shape index (κ3) is 5.90. The molecule has 6 heteroatoms. The lowest BCUT2D eigenvalue weighted by Gasteiger charge is -2.43. The van der Waals surface area contributed by atoms with Crippen LogP contribution in [0, 0.1) is 13.5 Å². The standard InChI is InChI=1S/C28H30ClN3O2/c1-21-3-7-23(8-4-21)28-20-31(14-13-22-5-9-24(30-2)10-6-22)15-16-32(28)27-12-11-25(19-26(27)29)34-18-17-33/h3-12,19,28,33H,13-18,20H2,1H3/t28-/m0/s1. The predicted octanol–water partition coefficient (Wildman–Crippen LogP) is 5.68. The van der Waals surface area contributed by atoms with E-state index in [4.69, 9.17) is 28.0 Å². The van der Waals surface area contributed by atoms with Crippen molar-refractivity contribution in [3.8, 4) is 5.75 Å². The molecule has 4 rings (SSSR count). The predicted molar refractivity (Wildman–Crippen MR) is 138 cm³/mol. The second-order valence-corrected chi connectivity index (χ2v) is 9.04. The highest BCUT2D eigenvalue weighted by atomic mass is 35.5. The second kappa shape index (κ2) is 11.4. The van der Waals surface area contributed by atoms with Gasteiger partial charge in [0.05, 0.1) is 29.9 Å². The average molecular weight is 476 g/mol. The molecule has 0 bridgehead atoms. The molecule has 3 aromatic carbocycles. The van der Waals surface area contributed by atoms with Gasteiger partial charge in [0.1, 0.15) is 12.4 Å². The maximum absolute atomic E-state index is 9.02. The summed E-state index contributed by atoms with van der Waals surface area (Å²) in [6.45, 7) is 13.1. The van der Waals surface area contributed by atoms with Crippen molar-refractivity contribution in [2.24, 2.45) is 0 Å². The van der Waals surface area contributed by atoms with Crippen molar-refractivity contribution in [3.05, 3.63) is 99.9 Å². The molecule has 0 spiro atoms. The molecule has 3 aromatic rings. The van der Waals surface area contributed by atoms with Crippen molar-refractivity contribution in [1.82, 2.24) is 4.90 Å². The highest BCUT2D eigenvalue weighted by Crippen LogP contribution is 2.37. The van der Waals surface area contributed by atoms with Crippen LogP contribution in [-0.4, -0.2) is 49.4 Å². The number of aliphatic hydroxyl groups excluding tert-OH is 1. The van der Waals surface area contributed by atoms with Crippen LogP contribution in [0.1, 0.15) is 22.7 Å². The number of ether oxygens (including phenoxy) is 1. The van der Waals surface area contributed by atoms with E-state index in [0.29, 0.717) is 16.5 Å². The largest absolute Gasteiger partial charge is 0.491 e. The Morgan fingerprint density at radius 3 is 2.50 bits per heavy atom. The van der Waals surface area contributed by atoms with Gasteiger partial charge in [-0.05, 0) is 36.6 Å². The maximum Gasteiger partial charge on any atom is 0.187 e. The molecule has 0 aromatic heterocycles. The third-order valence-electron chi connectivity index (χ3n) is 6.30. The minimum Gasteiger partial charge on any atom is -0.491 e. The van der Waals surface area contributed by atoms with E-state index < -0.39 is 0 Å². The summed E-state index contributed by atoms with van der Waals surface area (Å²) in [5.74, 6) is 0.664. The number of hydrogen-bond donors (Lipinski definition) is 1. The van der Waals surface area contributed by atoms with E-state index in [-0.39, 0.29) is 19.3 Å². The molecule has 176 valence electrons. The maximum atomic E-state index is 9.02. The first-order chi connectivity index (χ1) is 16.6. The van der Waals surface area contributed by atoms with Crippen LogP contribution in [0.3, 0.4) is 0 Å². The second-order valence-electron chi connectivity index (χ2n) is 8.63. The van der Waals surface area contributed by atoms with E-state index in [1.807, 2.05) is 30.3 Å². The van der Waals surface area contributed by atoms with Crippen LogP contribution < -0.4 is 9.64 Å². The number of piperazine rings is 1. The highest BCUT2D eigenvalue weighted by Gasteiger charge is 2.29. The van der Waals surface area contributed by atoms with E-state index >= 15 is 0 Å². The van der Waals surface area contributed by atoms with Gasteiger partial charge in [0.15, 0.2) is 5.69 Å². The van der Waals surface area contributed by atoms with E-state index in [2.05, 4.69) is 58.0 Å². The smallest absolute Gasteiger partial charge is 0.187 e. The van der Waals surface area contributed by atoms with Gasteiger partial charge < -0.3 is 14.7 Å². The zero-order valence-electron chi connectivity index (χ0n) is 19.5. The Morgan fingerprint density at radius 2 is 1.82 bits per heavy atom. The van der Waals surface area contributed by atoms with Crippen LogP contribution in [0.5, 0.6) is 5.75 Å². The van der Waals surface area contributed by atoms with Crippen molar-refractivity contribution in [3.63, 3.8) is 0 Å². The molecule has 1 atom stereocenters. The molecular weight excluding hydrogens is 446 g/mol. The molecule has 1 heterocycles. The molecule has 1 aliphatic heterocycles. The number of aryl methyl sites for hydroxylation is 1. The molecule has 1 aliphatic rings. The first-order valence-electron chi connectivity index (χ1n) is 11.6. The van der Waals surface area contributed by atoms with Crippen molar-refractivity contribution >= 4 is 23.0 Å². The number of aliphatic hydroxyl groups is 1. The zero-order chi connectivity index (χ0) is 23.9. The van der Waals surface area contributed by atoms with Gasteiger partial charge >= 0.3 is 0 Å². The minimum atomic E-state index is -0.0272. The molecule has 1 saturated heterocycles. The Morgan fingerprint density at radius 1 is 1.06 bits per heavy atom. The molecule has 0 saturated carbocycles. The van der Waals surface area contributed by atoms with Crippen LogP contribution in [0.4, 0.5) is 11.4 Å². The Kier molecular flexibility index (Phi) is 8.08. The van der Waals surface area contributed by atoms with Gasteiger partial charge in [-0.2, -0.15) is 0 Å². The van der Waals surface area contributed by atoms with Gasteiger partial charge in [-0.15, -0.1) is 0 Å². The average Bonchev–Trinajstić information content (AvgIpc) is 2.87. The zero-order valence-corrected chi connectivity index (χ0v) is 20.2. The van der Waals surface area contributed by atoms with E-state index in [1.165, 1.54) is 16.7 Å². The molecular formula is C28H30ClN3O2. The van der Waals surface area contributed by atoms with Crippen LogP contribution in [-0.2, 0) is 6.42 Å². The summed E-state index contributed by atoms with van der Waals surface area (Å²) in [6, 6.07) is 22.6. The summed E-state index contributed by atoms with van der Waals surface area (Å²) in [5.41, 5.74) is 5.45. The van der Waals surface area contributed by atoms with Gasteiger partial charge in [0, 0.05) is 32.2 Å². The first kappa shape index (κ1) is 24.1. The van der Waals surface area contributed by atoms with Gasteiger partial charge in [0.25, 0.3) is 0 Å². The summed E-state index contributed by atoms with van der Waals surface area (Å²) in [4.78, 5) is 8.38. The number of hydrogen-bond acceptors (Lipinski definition) is 4. The fourth-order valence-electron chi connectivity index (χ4n) is 4.40. The van der Waals surface area contributed by atoms with Crippen molar-refractivity contribution in [2.75, 3.05) is 44.3 Å². The summed E-state index contributed by atoms with van der Waals surface area (Å²) in [5, 5.41) is 9.67. The normalized spacial score (nSPS) is 16.3. The number of anilines is 1. The van der Waals surface area contributed by atoms with E-state index in [0.717, 1.165) is 38.3 Å². The Hall–Kier alpha value is -3.04. The van der Waals surface area contributed by atoms with Gasteiger partial charge in [0.2, 0.25) is 0 Å². The van der Waals surface area contributed by atoms with Crippen LogP contribution in [0.15, 0.2) is 66.7 Å². The lowest BCUT2D eigenvalue weighted by molar-refractivity contribution is 0.201. The lowest BCUT2D eigenvalue weighted by atomic mass is 9.99. The molecule has 0 aliphatic carbocycles. The first-order valence-corrected chi connectivity index (χ1v) is 12.0. The van der Waals surface area contributed by atoms with Crippen molar-refractivity contribution in [1.29, 1.82) is 0 Å². The summed E-state index contributed by atoms with van der Waals surface area (Å²) in [6.07, 6.45) is 0.955. The van der Waals surface area contributed by atoms with Gasteiger partial charge in [-0.1, -0.05) is 65.7 Å². The molecule has 34 heavy (non-hydrogen) atoms. The fourth-order valence-corrected chi connectivity index (χ4v) is 4.68. The van der Waals surface area contributed by atoms with Gasteiger partial charge in [-0.3, -0.25) is 4.90 Å². The van der Waals surface area contributed by atoms with Crippen LogP contribution in [0.25, 0.3) is 4.85 Å². The number of halogens is 1. The Bertz CT molecular complexity index is 1130. The number of nitrogens with zero attached hydrogens (tertiary/aromatic N) is 3. The minimum absolute atomic E-state index is 0.0272. The monoisotopic (exact) mass is 475 g/mol. The summed E-state index contributed by atoms with van der Waals surface area (Å²) >= 11 is 6.70. The Labute approximate surface area is 207 Å². The van der Waals surface area contributed by atoms with E-state index in [9.17, 15) is 0 Å². The number of rotatable bonds is 8. The molecule has 0 unspecified atom stereocenters. The summed E-state index contributed by atoms with van der Waals surface area (Å²) < 4.78 is 5.53. The lowest BCUT2D eigenvalue weighted by Crippen LogP contribution is -2.49. The van der Waals surface area contributed by atoms with Crippen molar-refractivity contribution < 1.29 is 9.84 Å². The molecule has 1 fully saturated rings.